The largest absolute Gasteiger partial charge is 0.456 e. The van der Waals surface area contributed by atoms with Gasteiger partial charge in [-0.1, -0.05) is 127 Å². The van der Waals surface area contributed by atoms with Crippen LogP contribution in [0.4, 0.5) is 0 Å². The van der Waals surface area contributed by atoms with E-state index < -0.39 is 0 Å². The Morgan fingerprint density at radius 3 is 1.70 bits per heavy atom. The lowest BCUT2D eigenvalue weighted by Gasteiger charge is -2.12. The van der Waals surface area contributed by atoms with Crippen molar-refractivity contribution in [2.75, 3.05) is 0 Å². The summed E-state index contributed by atoms with van der Waals surface area (Å²) in [6.45, 7) is 0. The molecule has 0 aliphatic carbocycles. The molecule has 0 aliphatic heterocycles. The fraction of sp³-hybridized carbons (Fsp3) is 0. The van der Waals surface area contributed by atoms with Crippen LogP contribution >= 0.6 is 0 Å². The molecule has 0 amide bonds. The fourth-order valence-corrected chi connectivity index (χ4v) is 7.66. The van der Waals surface area contributed by atoms with Gasteiger partial charge >= 0.3 is 0 Å². The minimum atomic E-state index is 0.577. The standard InChI is InChI=1S/C49H29N3O2/c1-2-12-31(13-3-1)47-50-48(52-49(51-47)36-23-24-39-38-17-6-8-19-42(38)53-44(39)28-36)35-16-10-15-34(26-35)41-27-37(33-22-21-30-11-4-5-14-32(30)25-33)29-45-46(41)40-18-7-9-20-43(40)54-45/h1-29H. The zero-order valence-corrected chi connectivity index (χ0v) is 28.9. The van der Waals surface area contributed by atoms with Crippen molar-refractivity contribution >= 4 is 54.6 Å². The van der Waals surface area contributed by atoms with Crippen molar-refractivity contribution in [2.45, 2.75) is 0 Å². The smallest absolute Gasteiger partial charge is 0.164 e. The van der Waals surface area contributed by atoms with Gasteiger partial charge in [0.15, 0.2) is 17.5 Å². The molecule has 0 fully saturated rings. The van der Waals surface area contributed by atoms with E-state index in [1.54, 1.807) is 0 Å². The second-order valence-corrected chi connectivity index (χ2v) is 13.6. The van der Waals surface area contributed by atoms with Crippen LogP contribution in [0.3, 0.4) is 0 Å². The molecule has 0 atom stereocenters. The van der Waals surface area contributed by atoms with Gasteiger partial charge in [-0.05, 0) is 81.6 Å². The molecular formula is C49H29N3O2. The number of hydrogen-bond donors (Lipinski definition) is 0. The third kappa shape index (κ3) is 5.06. The molecule has 252 valence electrons. The second-order valence-electron chi connectivity index (χ2n) is 13.6. The summed E-state index contributed by atoms with van der Waals surface area (Å²) in [5.41, 5.74) is 10.3. The molecule has 0 radical (unpaired) electrons. The molecule has 54 heavy (non-hydrogen) atoms. The van der Waals surface area contributed by atoms with Crippen molar-refractivity contribution in [2.24, 2.45) is 0 Å². The summed E-state index contributed by atoms with van der Waals surface area (Å²) in [4.78, 5) is 15.2. The fourth-order valence-electron chi connectivity index (χ4n) is 7.66. The van der Waals surface area contributed by atoms with Crippen LogP contribution in [0.15, 0.2) is 185 Å². The number of nitrogens with zero attached hydrogens (tertiary/aromatic N) is 3. The molecule has 0 N–H and O–H groups in total. The van der Waals surface area contributed by atoms with Gasteiger partial charge in [-0.2, -0.15) is 0 Å². The van der Waals surface area contributed by atoms with Crippen molar-refractivity contribution in [3.8, 4) is 56.4 Å². The zero-order chi connectivity index (χ0) is 35.6. The van der Waals surface area contributed by atoms with Gasteiger partial charge in [-0.15, -0.1) is 0 Å². The van der Waals surface area contributed by atoms with Crippen LogP contribution in [0.2, 0.25) is 0 Å². The highest BCUT2D eigenvalue weighted by molar-refractivity contribution is 6.14. The van der Waals surface area contributed by atoms with Gasteiger partial charge in [0.2, 0.25) is 0 Å². The predicted octanol–water partition coefficient (Wildman–Crippen LogP) is 13.2. The Hall–Kier alpha value is -7.37. The van der Waals surface area contributed by atoms with E-state index in [9.17, 15) is 0 Å². The molecule has 0 bridgehead atoms. The Balaban J connectivity index is 1.09. The van der Waals surface area contributed by atoms with Gasteiger partial charge < -0.3 is 8.83 Å². The zero-order valence-electron chi connectivity index (χ0n) is 28.9. The van der Waals surface area contributed by atoms with Crippen molar-refractivity contribution in [1.82, 2.24) is 15.0 Å². The average Bonchev–Trinajstić information content (AvgIpc) is 3.81. The summed E-state index contributed by atoms with van der Waals surface area (Å²) in [7, 11) is 0. The Labute approximate surface area is 309 Å². The van der Waals surface area contributed by atoms with Gasteiger partial charge in [0.1, 0.15) is 22.3 Å². The van der Waals surface area contributed by atoms with Crippen LogP contribution in [0.5, 0.6) is 0 Å². The van der Waals surface area contributed by atoms with E-state index in [1.807, 2.05) is 66.7 Å². The lowest BCUT2D eigenvalue weighted by molar-refractivity contribution is 0.668. The number of furan rings is 2. The first-order valence-electron chi connectivity index (χ1n) is 18.0. The molecule has 0 unspecified atom stereocenters. The van der Waals surface area contributed by atoms with Gasteiger partial charge in [0.05, 0.1) is 0 Å². The molecule has 3 heterocycles. The highest BCUT2D eigenvalue weighted by Gasteiger charge is 2.18. The Morgan fingerprint density at radius 1 is 0.296 bits per heavy atom. The van der Waals surface area contributed by atoms with Crippen molar-refractivity contribution in [3.05, 3.63) is 176 Å². The van der Waals surface area contributed by atoms with Crippen LogP contribution in [0, 0.1) is 0 Å². The van der Waals surface area contributed by atoms with Gasteiger partial charge in [-0.3, -0.25) is 0 Å². The molecule has 8 aromatic carbocycles. The van der Waals surface area contributed by atoms with Gasteiger partial charge in [0, 0.05) is 38.2 Å². The van der Waals surface area contributed by atoms with E-state index in [-0.39, 0.29) is 0 Å². The normalized spacial score (nSPS) is 11.7. The maximum absolute atomic E-state index is 6.52. The molecule has 11 aromatic rings. The van der Waals surface area contributed by atoms with Crippen molar-refractivity contribution in [3.63, 3.8) is 0 Å². The monoisotopic (exact) mass is 691 g/mol. The topological polar surface area (TPSA) is 65.0 Å². The molecule has 5 nitrogen and oxygen atoms in total. The number of aromatic nitrogens is 3. The highest BCUT2D eigenvalue weighted by Crippen LogP contribution is 2.41. The van der Waals surface area contributed by atoms with Crippen LogP contribution in [0.1, 0.15) is 0 Å². The first kappa shape index (κ1) is 30.3. The van der Waals surface area contributed by atoms with Crippen molar-refractivity contribution in [1.29, 1.82) is 0 Å². The SMILES string of the molecule is c1ccc(-c2nc(-c3cccc(-c4cc(-c5ccc6ccccc6c5)cc5oc6ccccc6c45)c3)nc(-c3ccc4c(c3)oc3ccccc34)n2)cc1. The maximum Gasteiger partial charge on any atom is 0.164 e. The molecule has 0 saturated carbocycles. The minimum Gasteiger partial charge on any atom is -0.456 e. The third-order valence-electron chi connectivity index (χ3n) is 10.3. The second kappa shape index (κ2) is 12.1. The molecule has 5 heteroatoms. The number of benzene rings is 8. The number of fused-ring (bicyclic) bond motifs is 7. The van der Waals surface area contributed by atoms with Gasteiger partial charge in [-0.25, -0.2) is 15.0 Å². The summed E-state index contributed by atoms with van der Waals surface area (Å²) >= 11 is 0. The number of hydrogen-bond acceptors (Lipinski definition) is 5. The van der Waals surface area contributed by atoms with E-state index in [1.165, 1.54) is 10.8 Å². The third-order valence-corrected chi connectivity index (χ3v) is 10.3. The molecule has 0 saturated heterocycles. The molecule has 11 rings (SSSR count). The Kier molecular flexibility index (Phi) is 6.79. The summed E-state index contributed by atoms with van der Waals surface area (Å²) in [6.07, 6.45) is 0. The summed E-state index contributed by atoms with van der Waals surface area (Å²) < 4.78 is 12.8. The molecule has 0 spiro atoms. The van der Waals surface area contributed by atoms with Crippen LogP contribution in [0.25, 0.3) is 111 Å². The van der Waals surface area contributed by atoms with E-state index in [0.717, 1.165) is 82.8 Å². The molecular weight excluding hydrogens is 663 g/mol. The number of para-hydroxylation sites is 2. The van der Waals surface area contributed by atoms with Gasteiger partial charge in [0.25, 0.3) is 0 Å². The highest BCUT2D eigenvalue weighted by atomic mass is 16.3. The number of rotatable bonds is 5. The van der Waals surface area contributed by atoms with Crippen LogP contribution in [-0.2, 0) is 0 Å². The summed E-state index contributed by atoms with van der Waals surface area (Å²) in [5.74, 6) is 1.77. The first-order chi connectivity index (χ1) is 26.7. The van der Waals surface area contributed by atoms with E-state index in [2.05, 4.69) is 109 Å². The quantitative estimate of drug-likeness (QED) is 0.180. The summed E-state index contributed by atoms with van der Waals surface area (Å²) in [5, 5.41) is 6.70. The van der Waals surface area contributed by atoms with Crippen LogP contribution in [-0.4, -0.2) is 15.0 Å². The summed E-state index contributed by atoms with van der Waals surface area (Å²) in [6, 6.07) is 60.6. The maximum atomic E-state index is 6.52. The van der Waals surface area contributed by atoms with E-state index in [4.69, 9.17) is 23.8 Å². The average molecular weight is 692 g/mol. The molecule has 3 aromatic heterocycles. The lowest BCUT2D eigenvalue weighted by atomic mass is 9.93. The predicted molar refractivity (Wildman–Crippen MR) is 219 cm³/mol. The van der Waals surface area contributed by atoms with Crippen molar-refractivity contribution < 1.29 is 8.83 Å². The lowest BCUT2D eigenvalue weighted by Crippen LogP contribution is -2.00. The molecule has 0 aliphatic rings. The van der Waals surface area contributed by atoms with E-state index in [0.29, 0.717) is 17.5 Å². The van der Waals surface area contributed by atoms with E-state index >= 15 is 0 Å². The Morgan fingerprint density at radius 2 is 0.870 bits per heavy atom. The van der Waals surface area contributed by atoms with Crippen LogP contribution < -0.4 is 0 Å². The Bertz CT molecular complexity index is 3230. The first-order valence-corrected chi connectivity index (χ1v) is 18.0. The minimum absolute atomic E-state index is 0.577.